The van der Waals surface area contributed by atoms with Gasteiger partial charge in [-0.05, 0) is 42.5 Å². The van der Waals surface area contributed by atoms with Crippen molar-refractivity contribution in [2.24, 2.45) is 0 Å². The summed E-state index contributed by atoms with van der Waals surface area (Å²) in [5.74, 6) is 0.798. The molecule has 0 bridgehead atoms. The number of methoxy groups -OCH3 is 1. The van der Waals surface area contributed by atoms with Crippen LogP contribution in [-0.2, 0) is 0 Å². The van der Waals surface area contributed by atoms with Gasteiger partial charge in [-0.25, -0.2) is 4.68 Å². The number of benzene rings is 2. The Hall–Kier alpha value is -2.46. The zero-order chi connectivity index (χ0) is 14.8. The van der Waals surface area contributed by atoms with Crippen molar-refractivity contribution in [3.05, 3.63) is 59.8 Å². The molecule has 0 saturated heterocycles. The zero-order valence-corrected chi connectivity index (χ0v) is 12.2. The lowest BCUT2D eigenvalue weighted by molar-refractivity contribution is 0.415. The van der Waals surface area contributed by atoms with Gasteiger partial charge in [-0.1, -0.05) is 17.7 Å². The molecule has 1 heterocycles. The standard InChI is InChI=1S/C16H14ClN3O/c1-21-14-7-5-11(6-8-14)16-15(18)10-20(19-16)13-4-2-3-12(17)9-13/h2-10H,18H2,1H3. The lowest BCUT2D eigenvalue weighted by Gasteiger charge is -2.02. The average Bonchev–Trinajstić information content (AvgIpc) is 2.89. The Labute approximate surface area is 127 Å². The maximum Gasteiger partial charge on any atom is 0.118 e. The molecule has 3 aromatic rings. The Morgan fingerprint density at radius 3 is 2.57 bits per heavy atom. The highest BCUT2D eigenvalue weighted by atomic mass is 35.5. The summed E-state index contributed by atoms with van der Waals surface area (Å²) in [6.07, 6.45) is 1.78. The van der Waals surface area contributed by atoms with Crippen LogP contribution in [0.5, 0.6) is 5.75 Å². The van der Waals surface area contributed by atoms with Gasteiger partial charge in [0.15, 0.2) is 0 Å². The van der Waals surface area contributed by atoms with Gasteiger partial charge < -0.3 is 10.5 Å². The second-order valence-electron chi connectivity index (χ2n) is 4.59. The number of nitrogen functional groups attached to an aromatic ring is 1. The van der Waals surface area contributed by atoms with Crippen LogP contribution >= 0.6 is 11.6 Å². The first-order valence-corrected chi connectivity index (χ1v) is 6.80. The van der Waals surface area contributed by atoms with Crippen molar-refractivity contribution >= 4 is 17.3 Å². The highest BCUT2D eigenvalue weighted by Gasteiger charge is 2.10. The molecular weight excluding hydrogens is 286 g/mol. The predicted octanol–water partition coefficient (Wildman–Crippen LogP) is 3.78. The van der Waals surface area contributed by atoms with Gasteiger partial charge in [0.1, 0.15) is 11.4 Å². The molecule has 1 aromatic heterocycles. The van der Waals surface area contributed by atoms with Crippen molar-refractivity contribution < 1.29 is 4.74 Å². The van der Waals surface area contributed by atoms with Crippen LogP contribution in [0.2, 0.25) is 5.02 Å². The molecule has 106 valence electrons. The van der Waals surface area contributed by atoms with E-state index in [9.17, 15) is 0 Å². The van der Waals surface area contributed by atoms with Gasteiger partial charge in [-0.2, -0.15) is 5.10 Å². The van der Waals surface area contributed by atoms with E-state index in [4.69, 9.17) is 22.1 Å². The Bertz CT molecular complexity index is 765. The van der Waals surface area contributed by atoms with Crippen LogP contribution in [0.15, 0.2) is 54.7 Å². The number of nitrogens with zero attached hydrogens (tertiary/aromatic N) is 2. The highest BCUT2D eigenvalue weighted by Crippen LogP contribution is 2.27. The first kappa shape index (κ1) is 13.5. The molecule has 0 radical (unpaired) electrons. The van der Waals surface area contributed by atoms with Crippen LogP contribution in [0.4, 0.5) is 5.69 Å². The van der Waals surface area contributed by atoms with Crippen LogP contribution in [0.1, 0.15) is 0 Å². The van der Waals surface area contributed by atoms with Crippen molar-refractivity contribution in [3.8, 4) is 22.7 Å². The van der Waals surface area contributed by atoms with Crippen LogP contribution in [0, 0.1) is 0 Å². The molecule has 4 nitrogen and oxygen atoms in total. The topological polar surface area (TPSA) is 53.1 Å². The van der Waals surface area contributed by atoms with E-state index in [1.807, 2.05) is 48.5 Å². The average molecular weight is 300 g/mol. The molecule has 0 fully saturated rings. The molecule has 3 rings (SSSR count). The highest BCUT2D eigenvalue weighted by molar-refractivity contribution is 6.30. The van der Waals surface area contributed by atoms with E-state index in [1.165, 1.54) is 0 Å². The van der Waals surface area contributed by atoms with E-state index in [-0.39, 0.29) is 0 Å². The van der Waals surface area contributed by atoms with E-state index in [2.05, 4.69) is 5.10 Å². The summed E-state index contributed by atoms with van der Waals surface area (Å²) >= 11 is 6.01. The van der Waals surface area contributed by atoms with E-state index in [1.54, 1.807) is 18.0 Å². The zero-order valence-electron chi connectivity index (χ0n) is 11.5. The van der Waals surface area contributed by atoms with E-state index in [0.717, 1.165) is 22.7 Å². The Morgan fingerprint density at radius 2 is 1.90 bits per heavy atom. The first-order chi connectivity index (χ1) is 10.2. The van der Waals surface area contributed by atoms with Crippen LogP contribution < -0.4 is 10.5 Å². The SMILES string of the molecule is COc1ccc(-c2nn(-c3cccc(Cl)c3)cc2N)cc1. The van der Waals surface area contributed by atoms with Crippen LogP contribution in [0.3, 0.4) is 0 Å². The fourth-order valence-corrected chi connectivity index (χ4v) is 2.30. The monoisotopic (exact) mass is 299 g/mol. The number of hydrogen-bond acceptors (Lipinski definition) is 3. The molecule has 2 aromatic carbocycles. The molecule has 2 N–H and O–H groups in total. The third-order valence-corrected chi connectivity index (χ3v) is 3.41. The number of aromatic nitrogens is 2. The fourth-order valence-electron chi connectivity index (χ4n) is 2.11. The minimum absolute atomic E-state index is 0.611. The van der Waals surface area contributed by atoms with Gasteiger partial charge in [-0.3, -0.25) is 0 Å². The van der Waals surface area contributed by atoms with E-state index in [0.29, 0.717) is 10.7 Å². The number of hydrogen-bond donors (Lipinski definition) is 1. The summed E-state index contributed by atoms with van der Waals surface area (Å²) < 4.78 is 6.87. The van der Waals surface area contributed by atoms with Gasteiger partial charge in [0.25, 0.3) is 0 Å². The normalized spacial score (nSPS) is 10.6. The number of halogens is 1. The largest absolute Gasteiger partial charge is 0.497 e. The molecule has 0 saturated carbocycles. The Morgan fingerprint density at radius 1 is 1.14 bits per heavy atom. The minimum atomic E-state index is 0.611. The van der Waals surface area contributed by atoms with Gasteiger partial charge >= 0.3 is 0 Å². The number of rotatable bonds is 3. The van der Waals surface area contributed by atoms with Crippen LogP contribution in [-0.4, -0.2) is 16.9 Å². The van der Waals surface area contributed by atoms with Crippen LogP contribution in [0.25, 0.3) is 16.9 Å². The third-order valence-electron chi connectivity index (χ3n) is 3.18. The molecule has 0 aliphatic rings. The molecule has 0 amide bonds. The fraction of sp³-hybridized carbons (Fsp3) is 0.0625. The lowest BCUT2D eigenvalue weighted by atomic mass is 10.1. The van der Waals surface area contributed by atoms with Crippen molar-refractivity contribution in [2.45, 2.75) is 0 Å². The van der Waals surface area contributed by atoms with E-state index < -0.39 is 0 Å². The lowest BCUT2D eigenvalue weighted by Crippen LogP contribution is -1.94. The van der Waals surface area contributed by atoms with Crippen molar-refractivity contribution in [1.82, 2.24) is 9.78 Å². The minimum Gasteiger partial charge on any atom is -0.497 e. The second-order valence-corrected chi connectivity index (χ2v) is 5.02. The summed E-state index contributed by atoms with van der Waals surface area (Å²) in [5, 5.41) is 5.20. The molecule has 5 heteroatoms. The molecule has 0 aliphatic carbocycles. The van der Waals surface area contributed by atoms with Gasteiger partial charge in [0.2, 0.25) is 0 Å². The molecular formula is C16H14ClN3O. The van der Waals surface area contributed by atoms with Gasteiger partial charge in [-0.15, -0.1) is 0 Å². The maximum absolute atomic E-state index is 6.07. The predicted molar refractivity (Wildman–Crippen MR) is 85.0 cm³/mol. The summed E-state index contributed by atoms with van der Waals surface area (Å²) in [6.45, 7) is 0. The maximum atomic E-state index is 6.07. The van der Waals surface area contributed by atoms with Gasteiger partial charge in [0, 0.05) is 10.6 Å². The molecule has 0 aliphatic heterocycles. The molecule has 0 atom stereocenters. The van der Waals surface area contributed by atoms with Gasteiger partial charge in [0.05, 0.1) is 24.7 Å². The first-order valence-electron chi connectivity index (χ1n) is 6.43. The summed E-state index contributed by atoms with van der Waals surface area (Å²) in [5.41, 5.74) is 9.23. The summed E-state index contributed by atoms with van der Waals surface area (Å²) in [6, 6.07) is 15.1. The van der Waals surface area contributed by atoms with E-state index >= 15 is 0 Å². The number of nitrogens with two attached hydrogens (primary N) is 1. The Kier molecular flexibility index (Phi) is 3.54. The Balaban J connectivity index is 2.01. The number of anilines is 1. The summed E-state index contributed by atoms with van der Waals surface area (Å²) in [4.78, 5) is 0. The smallest absolute Gasteiger partial charge is 0.118 e. The molecule has 0 unspecified atom stereocenters. The number of ether oxygens (including phenoxy) is 1. The second kappa shape index (κ2) is 5.50. The summed E-state index contributed by atoms with van der Waals surface area (Å²) in [7, 11) is 1.64. The van der Waals surface area contributed by atoms with Crippen molar-refractivity contribution in [2.75, 3.05) is 12.8 Å². The molecule has 21 heavy (non-hydrogen) atoms. The third kappa shape index (κ3) is 2.71. The quantitative estimate of drug-likeness (QED) is 0.800. The van der Waals surface area contributed by atoms with Crippen molar-refractivity contribution in [1.29, 1.82) is 0 Å². The molecule has 0 spiro atoms. The van der Waals surface area contributed by atoms with Crippen molar-refractivity contribution in [3.63, 3.8) is 0 Å².